The molecule has 2 heteroatoms. The van der Waals surface area contributed by atoms with Crippen LogP contribution in [0.5, 0.6) is 0 Å². The number of aliphatic imine (C=N–C) groups is 1. The first-order chi connectivity index (χ1) is 4.97. The third-order valence-corrected chi connectivity index (χ3v) is 1.46. The van der Waals surface area contributed by atoms with Crippen molar-refractivity contribution in [1.82, 2.24) is 0 Å². The van der Waals surface area contributed by atoms with Gasteiger partial charge < -0.3 is 5.32 Å². The minimum atomic E-state index is 0.830. The Kier molecular flexibility index (Phi) is 1.17. The van der Waals surface area contributed by atoms with Crippen LogP contribution in [0.15, 0.2) is 23.2 Å². The van der Waals surface area contributed by atoms with E-state index >= 15 is 0 Å². The second-order valence-corrected chi connectivity index (χ2v) is 2.14. The highest BCUT2D eigenvalue weighted by Gasteiger charge is 2.00. The average Bonchev–Trinajstić information content (AvgIpc) is 2.05. The van der Waals surface area contributed by atoms with Crippen molar-refractivity contribution in [2.24, 2.45) is 4.99 Å². The maximum atomic E-state index is 4.17. The van der Waals surface area contributed by atoms with Crippen LogP contribution in [0, 0.1) is 6.07 Å². The summed E-state index contributed by atoms with van der Waals surface area (Å²) in [4.78, 5) is 4.17. The van der Waals surface area contributed by atoms with Gasteiger partial charge in [-0.05, 0) is 18.2 Å². The first-order valence-electron chi connectivity index (χ1n) is 3.23. The molecule has 49 valence electrons. The Morgan fingerprint density at radius 2 is 2.60 bits per heavy atom. The van der Waals surface area contributed by atoms with Gasteiger partial charge in [-0.1, -0.05) is 6.07 Å². The largest absolute Gasteiger partial charge is 0.378 e. The Morgan fingerprint density at radius 1 is 1.60 bits per heavy atom. The van der Waals surface area contributed by atoms with Gasteiger partial charge in [0, 0.05) is 6.21 Å². The van der Waals surface area contributed by atoms with E-state index in [9.17, 15) is 0 Å². The van der Waals surface area contributed by atoms with Gasteiger partial charge in [-0.3, -0.25) is 4.99 Å². The van der Waals surface area contributed by atoms with Crippen molar-refractivity contribution < 1.29 is 0 Å². The number of rotatable bonds is 0. The Bertz CT molecular complexity index is 266. The van der Waals surface area contributed by atoms with Crippen molar-refractivity contribution in [2.45, 2.75) is 0 Å². The molecule has 0 atom stereocenters. The van der Waals surface area contributed by atoms with Gasteiger partial charge in [-0.2, -0.15) is 0 Å². The zero-order chi connectivity index (χ0) is 6.81. The van der Waals surface area contributed by atoms with Gasteiger partial charge in [0.25, 0.3) is 0 Å². The molecule has 1 heterocycles. The molecule has 1 aromatic rings. The summed E-state index contributed by atoms with van der Waals surface area (Å²) in [5.74, 6) is 0. The van der Waals surface area contributed by atoms with Crippen molar-refractivity contribution in [3.8, 4) is 0 Å². The van der Waals surface area contributed by atoms with Crippen LogP contribution >= 0.6 is 0 Å². The normalized spacial score (nSPS) is 14.0. The standard InChI is InChI=1S/C8H7N2/c1-2-4-8-7(3-1)9-5-6-10-8/h1,3-4,6,9H,5H2. The van der Waals surface area contributed by atoms with E-state index in [0.717, 1.165) is 17.9 Å². The fourth-order valence-corrected chi connectivity index (χ4v) is 0.978. The van der Waals surface area contributed by atoms with Crippen LogP contribution in [-0.2, 0) is 0 Å². The van der Waals surface area contributed by atoms with Crippen LogP contribution in [0.2, 0.25) is 0 Å². The summed E-state index contributed by atoms with van der Waals surface area (Å²) in [6, 6.07) is 8.70. The van der Waals surface area contributed by atoms with Crippen molar-refractivity contribution in [2.75, 3.05) is 11.9 Å². The van der Waals surface area contributed by atoms with Crippen molar-refractivity contribution >= 4 is 17.6 Å². The zero-order valence-corrected chi connectivity index (χ0v) is 5.46. The number of hydrogen-bond donors (Lipinski definition) is 1. The number of benzene rings is 1. The van der Waals surface area contributed by atoms with E-state index in [-0.39, 0.29) is 0 Å². The second-order valence-electron chi connectivity index (χ2n) is 2.14. The zero-order valence-electron chi connectivity index (χ0n) is 5.46. The Hall–Kier alpha value is -1.31. The number of nitrogens with zero attached hydrogens (tertiary/aromatic N) is 1. The third-order valence-electron chi connectivity index (χ3n) is 1.46. The summed E-state index contributed by atoms with van der Waals surface area (Å²) in [5, 5.41) is 3.19. The minimum absolute atomic E-state index is 0.830. The van der Waals surface area contributed by atoms with Gasteiger partial charge in [0.1, 0.15) is 0 Å². The maximum absolute atomic E-state index is 4.17. The lowest BCUT2D eigenvalue weighted by atomic mass is 10.2. The molecule has 0 saturated heterocycles. The van der Waals surface area contributed by atoms with Crippen molar-refractivity contribution in [3.63, 3.8) is 0 Å². The van der Waals surface area contributed by atoms with E-state index in [2.05, 4.69) is 16.4 Å². The summed E-state index contributed by atoms with van der Waals surface area (Å²) in [5.41, 5.74) is 2.08. The predicted molar refractivity (Wildman–Crippen MR) is 41.9 cm³/mol. The van der Waals surface area contributed by atoms with E-state index in [4.69, 9.17) is 0 Å². The SMILES string of the molecule is [c]1ccc2c(c1)N=CCN2. The molecule has 2 rings (SSSR count). The monoisotopic (exact) mass is 131 g/mol. The second kappa shape index (κ2) is 2.14. The molecule has 0 bridgehead atoms. The number of anilines is 1. The van der Waals surface area contributed by atoms with E-state index in [0.29, 0.717) is 0 Å². The average molecular weight is 131 g/mol. The molecule has 0 saturated carbocycles. The Morgan fingerprint density at radius 3 is 3.50 bits per heavy atom. The van der Waals surface area contributed by atoms with Gasteiger partial charge >= 0.3 is 0 Å². The summed E-state index contributed by atoms with van der Waals surface area (Å²) >= 11 is 0. The van der Waals surface area contributed by atoms with Gasteiger partial charge in [0.05, 0.1) is 17.9 Å². The summed E-state index contributed by atoms with van der Waals surface area (Å²) in [6.07, 6.45) is 1.86. The lowest BCUT2D eigenvalue weighted by molar-refractivity contribution is 1.33. The molecule has 0 unspecified atom stereocenters. The van der Waals surface area contributed by atoms with Crippen molar-refractivity contribution in [3.05, 3.63) is 24.3 Å². The summed E-state index contributed by atoms with van der Waals surface area (Å²) in [6.45, 7) is 0.830. The molecule has 1 aliphatic heterocycles. The molecule has 1 N–H and O–H groups in total. The lowest BCUT2D eigenvalue weighted by Gasteiger charge is -2.10. The van der Waals surface area contributed by atoms with Gasteiger partial charge in [-0.25, -0.2) is 0 Å². The summed E-state index contributed by atoms with van der Waals surface area (Å²) < 4.78 is 0. The van der Waals surface area contributed by atoms with Crippen LogP contribution in [0.1, 0.15) is 0 Å². The van der Waals surface area contributed by atoms with Crippen LogP contribution < -0.4 is 5.32 Å². The predicted octanol–water partition coefficient (Wildman–Crippen LogP) is 1.61. The molecular weight excluding hydrogens is 124 g/mol. The fourth-order valence-electron chi connectivity index (χ4n) is 0.978. The molecule has 2 nitrogen and oxygen atoms in total. The fraction of sp³-hybridized carbons (Fsp3) is 0.125. The maximum Gasteiger partial charge on any atom is 0.0864 e. The van der Waals surface area contributed by atoms with Crippen LogP contribution in [0.4, 0.5) is 11.4 Å². The van der Waals surface area contributed by atoms with E-state index in [1.807, 2.05) is 24.4 Å². The van der Waals surface area contributed by atoms with Crippen LogP contribution in [0.3, 0.4) is 0 Å². The summed E-state index contributed by atoms with van der Waals surface area (Å²) in [7, 11) is 0. The smallest absolute Gasteiger partial charge is 0.0864 e. The van der Waals surface area contributed by atoms with Crippen LogP contribution in [0.25, 0.3) is 0 Å². The number of fused-ring (bicyclic) bond motifs is 1. The molecule has 1 radical (unpaired) electrons. The van der Waals surface area contributed by atoms with Crippen LogP contribution in [-0.4, -0.2) is 12.8 Å². The van der Waals surface area contributed by atoms with Gasteiger partial charge in [0.15, 0.2) is 0 Å². The highest BCUT2D eigenvalue weighted by atomic mass is 14.9. The highest BCUT2D eigenvalue weighted by Crippen LogP contribution is 2.24. The molecule has 0 spiro atoms. The lowest BCUT2D eigenvalue weighted by Crippen LogP contribution is -2.05. The minimum Gasteiger partial charge on any atom is -0.378 e. The molecular formula is C8H7N2. The molecule has 0 fully saturated rings. The molecule has 0 aliphatic carbocycles. The molecule has 10 heavy (non-hydrogen) atoms. The van der Waals surface area contributed by atoms with Gasteiger partial charge in [-0.15, -0.1) is 0 Å². The third kappa shape index (κ3) is 0.778. The van der Waals surface area contributed by atoms with Gasteiger partial charge in [0.2, 0.25) is 0 Å². The highest BCUT2D eigenvalue weighted by molar-refractivity contribution is 5.79. The molecule has 0 amide bonds. The first kappa shape index (κ1) is 5.47. The molecule has 0 aromatic heterocycles. The Balaban J connectivity index is 2.54. The number of nitrogens with one attached hydrogen (secondary N) is 1. The first-order valence-corrected chi connectivity index (χ1v) is 3.23. The van der Waals surface area contributed by atoms with E-state index in [1.165, 1.54) is 0 Å². The van der Waals surface area contributed by atoms with E-state index < -0.39 is 0 Å². The quantitative estimate of drug-likeness (QED) is 0.568. The van der Waals surface area contributed by atoms with Crippen molar-refractivity contribution in [1.29, 1.82) is 0 Å². The topological polar surface area (TPSA) is 24.4 Å². The molecule has 1 aliphatic rings. The Labute approximate surface area is 59.6 Å². The molecule has 1 aromatic carbocycles. The number of hydrogen-bond acceptors (Lipinski definition) is 2. The van der Waals surface area contributed by atoms with E-state index in [1.54, 1.807) is 0 Å².